The Labute approximate surface area is 245 Å². The Morgan fingerprint density at radius 3 is 2.85 bits per heavy atom. The Morgan fingerprint density at radius 1 is 1.02 bits per heavy atom. The number of pyridine rings is 1. The normalized spacial score (nSPS) is 22.7. The Morgan fingerprint density at radius 2 is 1.95 bits per heavy atom. The average Bonchev–Trinajstić information content (AvgIpc) is 3.36. The number of nitrogens with zero attached hydrogens (tertiary/aromatic N) is 1. The molecule has 214 valence electrons. The minimum atomic E-state index is -0.246. The molecule has 0 saturated carbocycles. The third-order valence-electron chi connectivity index (χ3n) is 7.23. The number of Topliss-reactive ketones (excluding diaryl/α,β-unsaturated/α-hetero) is 1. The molecule has 1 fully saturated rings. The molecule has 0 aromatic carbocycles. The number of amides is 1. The van der Waals surface area contributed by atoms with E-state index >= 15 is 0 Å². The molecule has 5 rings (SSSR count). The van der Waals surface area contributed by atoms with Gasteiger partial charge >= 0.3 is 0 Å². The van der Waals surface area contributed by atoms with Gasteiger partial charge in [0.1, 0.15) is 6.61 Å². The first-order valence-corrected chi connectivity index (χ1v) is 15.4. The minimum absolute atomic E-state index is 0.0311. The first-order valence-electron chi connectivity index (χ1n) is 14.5. The lowest BCUT2D eigenvalue weighted by molar-refractivity contribution is -0.116. The van der Waals surface area contributed by atoms with Crippen LogP contribution in [0.5, 0.6) is 5.88 Å². The third kappa shape index (κ3) is 8.56. The van der Waals surface area contributed by atoms with E-state index in [1.165, 1.54) is 11.8 Å². The lowest BCUT2D eigenvalue weighted by atomic mass is 10.0. The minimum Gasteiger partial charge on any atom is -0.475 e. The van der Waals surface area contributed by atoms with E-state index < -0.39 is 0 Å². The predicted octanol–water partition coefficient (Wildman–Crippen LogP) is 6.12. The molecule has 1 aliphatic carbocycles. The lowest BCUT2D eigenvalue weighted by Crippen LogP contribution is -2.27. The van der Waals surface area contributed by atoms with Crippen LogP contribution in [0.4, 0.5) is 0 Å². The smallest absolute Gasteiger partial charge is 0.252 e. The van der Waals surface area contributed by atoms with Gasteiger partial charge in [0.15, 0.2) is 5.78 Å². The molecule has 7 nitrogen and oxygen atoms in total. The number of hydrogen-bond acceptors (Lipinski definition) is 7. The van der Waals surface area contributed by atoms with Gasteiger partial charge in [0.25, 0.3) is 5.91 Å². The topological polar surface area (TPSA) is 86.8 Å². The number of fused-ring (bicyclic) bond motifs is 6. The molecular formula is C33H36N2O5S. The Hall–Kier alpha value is -3.38. The number of aromatic nitrogens is 1. The first-order chi connectivity index (χ1) is 20.2. The van der Waals surface area contributed by atoms with Gasteiger partial charge in [-0.1, -0.05) is 24.3 Å². The van der Waals surface area contributed by atoms with Gasteiger partial charge in [-0.3, -0.25) is 9.59 Å². The number of carbonyl (C=O) groups excluding carboxylic acids is 2. The standard InChI is InChI=1S/C33H36N2O5S/c36-30-9-2-1-4-17-38-19-20-40-32-22-25(15-16-34-32)31-10-6-7-26(23-41-31)33(37)35-29-14-12-24(11-13-28(29)30)21-27-8-3-5-18-39-27/h6,11-12,14-16,22-23,27H,1-5,7-9,17-21H2,(H,35,37). The summed E-state index contributed by atoms with van der Waals surface area (Å²) in [5.74, 6) is 0.243. The average molecular weight is 573 g/mol. The molecule has 1 atom stereocenters. The largest absolute Gasteiger partial charge is 0.475 e. The van der Waals surface area contributed by atoms with Crippen LogP contribution in [0.1, 0.15) is 63.4 Å². The molecule has 1 aromatic rings. The zero-order chi connectivity index (χ0) is 28.3. The Balaban J connectivity index is 1.38. The Bertz CT molecular complexity index is 1370. The van der Waals surface area contributed by atoms with Gasteiger partial charge in [-0.05, 0) is 73.8 Å². The summed E-state index contributed by atoms with van der Waals surface area (Å²) in [7, 11) is 0. The predicted molar refractivity (Wildman–Crippen MR) is 160 cm³/mol. The fourth-order valence-electron chi connectivity index (χ4n) is 4.95. The van der Waals surface area contributed by atoms with Crippen molar-refractivity contribution < 1.29 is 23.8 Å². The molecule has 1 N–H and O–H groups in total. The molecule has 41 heavy (non-hydrogen) atoms. The molecule has 0 spiro atoms. The summed E-state index contributed by atoms with van der Waals surface area (Å²) in [4.78, 5) is 32.0. The highest BCUT2D eigenvalue weighted by Crippen LogP contribution is 2.32. The molecule has 0 radical (unpaired) electrons. The van der Waals surface area contributed by atoms with E-state index in [2.05, 4.69) is 21.8 Å². The van der Waals surface area contributed by atoms with Gasteiger partial charge in [0, 0.05) is 49.5 Å². The van der Waals surface area contributed by atoms with Crippen LogP contribution in [0.3, 0.4) is 0 Å². The van der Waals surface area contributed by atoms with Crippen molar-refractivity contribution in [3.05, 3.63) is 87.5 Å². The second-order valence-corrected chi connectivity index (χ2v) is 11.2. The van der Waals surface area contributed by atoms with Gasteiger partial charge in [-0.15, -0.1) is 11.5 Å². The zero-order valence-corrected chi connectivity index (χ0v) is 24.1. The molecule has 1 aromatic heterocycles. The van der Waals surface area contributed by atoms with Crippen molar-refractivity contribution in [1.29, 1.82) is 0 Å². The summed E-state index contributed by atoms with van der Waals surface area (Å²) in [5.41, 5.74) is 9.96. The summed E-state index contributed by atoms with van der Waals surface area (Å²) >= 11 is 1.43. The van der Waals surface area contributed by atoms with Crippen LogP contribution in [0, 0.1) is 0 Å². The van der Waals surface area contributed by atoms with E-state index in [0.29, 0.717) is 55.4 Å². The second kappa shape index (κ2) is 15.0. The van der Waals surface area contributed by atoms with Crippen molar-refractivity contribution in [1.82, 2.24) is 10.3 Å². The van der Waals surface area contributed by atoms with Gasteiger partial charge in [0.2, 0.25) is 5.88 Å². The number of allylic oxidation sites excluding steroid dienone is 4. The lowest BCUT2D eigenvalue weighted by Gasteiger charge is -2.22. The molecule has 4 heterocycles. The van der Waals surface area contributed by atoms with E-state index in [1.807, 2.05) is 41.8 Å². The first kappa shape index (κ1) is 29.1. The van der Waals surface area contributed by atoms with Gasteiger partial charge in [-0.25, -0.2) is 4.98 Å². The molecule has 1 amide bonds. The zero-order valence-electron chi connectivity index (χ0n) is 23.3. The van der Waals surface area contributed by atoms with Gasteiger partial charge in [-0.2, -0.15) is 0 Å². The van der Waals surface area contributed by atoms with Crippen LogP contribution >= 0.6 is 11.8 Å². The van der Waals surface area contributed by atoms with Crippen LogP contribution in [0.25, 0.3) is 4.91 Å². The van der Waals surface area contributed by atoms with Crippen LogP contribution in [0.15, 0.2) is 81.9 Å². The van der Waals surface area contributed by atoms with Crippen LogP contribution in [-0.4, -0.2) is 49.2 Å². The van der Waals surface area contributed by atoms with Crippen molar-refractivity contribution >= 4 is 28.4 Å². The highest BCUT2D eigenvalue weighted by atomic mass is 32.2. The van der Waals surface area contributed by atoms with Crippen LogP contribution < -0.4 is 10.1 Å². The molecule has 1 saturated heterocycles. The highest BCUT2D eigenvalue weighted by molar-refractivity contribution is 8.10. The number of ketones is 1. The van der Waals surface area contributed by atoms with Crippen molar-refractivity contribution in [2.45, 2.75) is 63.9 Å². The maximum absolute atomic E-state index is 13.4. The maximum Gasteiger partial charge on any atom is 0.252 e. The van der Waals surface area contributed by atoms with Crippen molar-refractivity contribution in [2.75, 3.05) is 26.4 Å². The molecule has 4 bridgehead atoms. The van der Waals surface area contributed by atoms with Gasteiger partial charge in [0.05, 0.1) is 28.9 Å². The summed E-state index contributed by atoms with van der Waals surface area (Å²) in [5, 5.41) is 4.87. The quantitative estimate of drug-likeness (QED) is 0.428. The van der Waals surface area contributed by atoms with Crippen molar-refractivity contribution in [2.24, 2.45) is 0 Å². The summed E-state index contributed by atoms with van der Waals surface area (Å²) in [6.07, 6.45) is 16.7. The number of ether oxygens (including phenoxy) is 3. The molecule has 1 unspecified atom stereocenters. The molecule has 3 aliphatic heterocycles. The summed E-state index contributed by atoms with van der Waals surface area (Å²) < 4.78 is 17.4. The maximum atomic E-state index is 13.4. The monoisotopic (exact) mass is 572 g/mol. The Kier molecular flexibility index (Phi) is 10.7. The van der Waals surface area contributed by atoms with Gasteiger partial charge < -0.3 is 19.5 Å². The molecular weight excluding hydrogens is 536 g/mol. The van der Waals surface area contributed by atoms with Crippen LogP contribution in [0.2, 0.25) is 0 Å². The fraction of sp³-hybridized carbons (Fsp3) is 0.424. The van der Waals surface area contributed by atoms with Crippen molar-refractivity contribution in [3.63, 3.8) is 0 Å². The number of thioether (sulfide) groups is 1. The van der Waals surface area contributed by atoms with E-state index in [9.17, 15) is 9.59 Å². The fourth-order valence-corrected chi connectivity index (χ4v) is 5.83. The van der Waals surface area contributed by atoms with E-state index in [-0.39, 0.29) is 17.8 Å². The third-order valence-corrected chi connectivity index (χ3v) is 8.22. The number of nitrogens with one attached hydrogen (secondary N) is 1. The van der Waals surface area contributed by atoms with Crippen molar-refractivity contribution in [3.8, 4) is 5.88 Å². The van der Waals surface area contributed by atoms with E-state index in [0.717, 1.165) is 67.6 Å². The molecule has 4 aliphatic rings. The summed E-state index contributed by atoms with van der Waals surface area (Å²) in [6.45, 7) is 2.26. The van der Waals surface area contributed by atoms with E-state index in [1.54, 1.807) is 6.20 Å². The number of carbonyl (C=O) groups is 2. The number of hydrogen-bond donors (Lipinski definition) is 1. The second-order valence-electron chi connectivity index (χ2n) is 10.4. The summed E-state index contributed by atoms with van der Waals surface area (Å²) in [6, 6.07) is 3.77. The molecule has 8 heteroatoms. The van der Waals surface area contributed by atoms with Crippen LogP contribution in [-0.2, 0) is 19.1 Å². The number of rotatable bonds is 2. The van der Waals surface area contributed by atoms with E-state index in [4.69, 9.17) is 14.2 Å². The highest BCUT2D eigenvalue weighted by Gasteiger charge is 2.21. The SMILES string of the molecule is O=C1CCCCCOCCOc2cc(ccn2)C2=C=CCC(=CS2)C(=O)NC2=CC=C(CC3CCCCO3)C=C=C12.